The summed E-state index contributed by atoms with van der Waals surface area (Å²) >= 11 is 0. The van der Waals surface area contributed by atoms with Crippen molar-refractivity contribution in [3.8, 4) is 0 Å². The molecule has 2 atom stereocenters. The zero-order valence-corrected chi connectivity index (χ0v) is 18.0. The van der Waals surface area contributed by atoms with Crippen LogP contribution in [-0.2, 0) is 14.2 Å². The number of hydrogen-bond acceptors (Lipinski definition) is 8. The molecule has 0 aliphatic carbocycles. The Labute approximate surface area is 193 Å². The second kappa shape index (κ2) is 9.86. The van der Waals surface area contributed by atoms with Crippen molar-refractivity contribution in [3.63, 3.8) is 0 Å². The Morgan fingerprint density at radius 1 is 0.941 bits per heavy atom. The maximum absolute atomic E-state index is 12.5. The quantitative estimate of drug-likeness (QED) is 0.497. The lowest BCUT2D eigenvalue weighted by Gasteiger charge is -2.31. The third kappa shape index (κ3) is 4.98. The van der Waals surface area contributed by atoms with Crippen LogP contribution in [-0.4, -0.2) is 51.5 Å². The standard InChI is InChI=1S/C24H22N2O8/c27-18-13-20(26-12-11-19(28)25-23(26)31)34-24(18,14-32-21(29)16-7-3-1-4-8-16)15-33-22(30)17-9-5-2-6-10-17/h1-12,18,20,27H,13-15H2,(H,25,28,31)/t18-,20+/m0/s1. The van der Waals surface area contributed by atoms with Crippen LogP contribution < -0.4 is 11.2 Å². The Kier molecular flexibility index (Phi) is 6.71. The fourth-order valence-electron chi connectivity index (χ4n) is 3.62. The van der Waals surface area contributed by atoms with Crippen LogP contribution in [0.15, 0.2) is 82.5 Å². The van der Waals surface area contributed by atoms with E-state index in [-0.39, 0.29) is 6.42 Å². The number of hydrogen-bond donors (Lipinski definition) is 2. The predicted octanol–water partition coefficient (Wildman–Crippen LogP) is 1.27. The Morgan fingerprint density at radius 2 is 1.47 bits per heavy atom. The maximum Gasteiger partial charge on any atom is 0.338 e. The Morgan fingerprint density at radius 3 is 1.97 bits per heavy atom. The summed E-state index contributed by atoms with van der Waals surface area (Å²) < 4.78 is 17.9. The third-order valence-electron chi connectivity index (χ3n) is 5.48. The number of nitrogens with zero attached hydrogens (tertiary/aromatic N) is 1. The average molecular weight is 466 g/mol. The third-order valence-corrected chi connectivity index (χ3v) is 5.48. The van der Waals surface area contributed by atoms with E-state index in [2.05, 4.69) is 4.98 Å². The highest BCUT2D eigenvalue weighted by molar-refractivity contribution is 5.89. The van der Waals surface area contributed by atoms with Gasteiger partial charge in [0.25, 0.3) is 5.56 Å². The number of benzene rings is 2. The van der Waals surface area contributed by atoms with Crippen LogP contribution in [0.3, 0.4) is 0 Å². The molecule has 0 spiro atoms. The summed E-state index contributed by atoms with van der Waals surface area (Å²) in [6, 6.07) is 17.6. The van der Waals surface area contributed by atoms with Gasteiger partial charge < -0.3 is 19.3 Å². The van der Waals surface area contributed by atoms with Gasteiger partial charge in [-0.1, -0.05) is 36.4 Å². The lowest BCUT2D eigenvalue weighted by Crippen LogP contribution is -2.49. The zero-order chi connectivity index (χ0) is 24.1. The van der Waals surface area contributed by atoms with Gasteiger partial charge in [-0.15, -0.1) is 0 Å². The number of carbonyl (C=O) groups excluding carboxylic acids is 2. The molecule has 10 nitrogen and oxygen atoms in total. The molecule has 1 saturated heterocycles. The van der Waals surface area contributed by atoms with Crippen LogP contribution >= 0.6 is 0 Å². The Bertz CT molecular complexity index is 1210. The molecule has 1 aliphatic heterocycles. The minimum absolute atomic E-state index is 0.0717. The molecule has 10 heteroatoms. The number of ether oxygens (including phenoxy) is 3. The molecule has 3 aromatic rings. The van der Waals surface area contributed by atoms with Gasteiger partial charge in [0.15, 0.2) is 5.60 Å². The van der Waals surface area contributed by atoms with E-state index in [9.17, 15) is 24.3 Å². The van der Waals surface area contributed by atoms with Gasteiger partial charge in [0.2, 0.25) is 0 Å². The number of aliphatic hydroxyl groups excluding tert-OH is 1. The van der Waals surface area contributed by atoms with Crippen LogP contribution in [0.4, 0.5) is 0 Å². The summed E-state index contributed by atoms with van der Waals surface area (Å²) in [7, 11) is 0. The highest BCUT2D eigenvalue weighted by Gasteiger charge is 2.51. The summed E-state index contributed by atoms with van der Waals surface area (Å²) in [6.45, 7) is -0.892. The Balaban J connectivity index is 1.56. The second-order valence-electron chi connectivity index (χ2n) is 7.79. The summed E-state index contributed by atoms with van der Waals surface area (Å²) in [4.78, 5) is 50.7. The molecule has 1 aliphatic rings. The van der Waals surface area contributed by atoms with Crippen LogP contribution in [0.2, 0.25) is 0 Å². The molecule has 2 heterocycles. The fourth-order valence-corrected chi connectivity index (χ4v) is 3.62. The van der Waals surface area contributed by atoms with Crippen molar-refractivity contribution in [1.82, 2.24) is 9.55 Å². The smallest absolute Gasteiger partial charge is 0.338 e. The minimum Gasteiger partial charge on any atom is -0.459 e. The summed E-state index contributed by atoms with van der Waals surface area (Å²) in [5.74, 6) is -1.32. The molecule has 0 saturated carbocycles. The molecular formula is C24H22N2O8. The van der Waals surface area contributed by atoms with Gasteiger partial charge in [-0.3, -0.25) is 14.3 Å². The van der Waals surface area contributed by atoms with E-state index in [0.717, 1.165) is 10.6 Å². The molecule has 0 unspecified atom stereocenters. The predicted molar refractivity (Wildman–Crippen MR) is 118 cm³/mol. The Hall–Kier alpha value is -4.02. The van der Waals surface area contributed by atoms with Crippen LogP contribution in [0.1, 0.15) is 33.4 Å². The summed E-state index contributed by atoms with van der Waals surface area (Å²) in [5.41, 5.74) is -2.38. The number of aromatic nitrogens is 2. The van der Waals surface area contributed by atoms with Crippen LogP contribution in [0.5, 0.6) is 0 Å². The molecule has 176 valence electrons. The SMILES string of the molecule is O=C(OCC1(COC(=O)c2ccccc2)O[C@@H](n2ccc(=O)[nH]c2=O)C[C@@H]1O)c1ccccc1. The van der Waals surface area contributed by atoms with Crippen molar-refractivity contribution in [2.24, 2.45) is 0 Å². The van der Waals surface area contributed by atoms with Crippen molar-refractivity contribution in [1.29, 1.82) is 0 Å². The van der Waals surface area contributed by atoms with E-state index >= 15 is 0 Å². The number of H-pyrrole nitrogens is 1. The average Bonchev–Trinajstić information content (AvgIpc) is 3.18. The monoisotopic (exact) mass is 466 g/mol. The first-order chi connectivity index (χ1) is 16.4. The molecular weight excluding hydrogens is 444 g/mol. The minimum atomic E-state index is -1.64. The van der Waals surface area contributed by atoms with Crippen molar-refractivity contribution < 1.29 is 28.9 Å². The van der Waals surface area contributed by atoms with Crippen molar-refractivity contribution >= 4 is 11.9 Å². The van der Waals surface area contributed by atoms with E-state index in [0.29, 0.717) is 11.1 Å². The van der Waals surface area contributed by atoms with Crippen LogP contribution in [0, 0.1) is 0 Å². The lowest BCUT2D eigenvalue weighted by molar-refractivity contribution is -0.153. The molecule has 2 aromatic carbocycles. The first-order valence-electron chi connectivity index (χ1n) is 10.5. The number of esters is 2. The molecule has 34 heavy (non-hydrogen) atoms. The van der Waals surface area contributed by atoms with E-state index in [4.69, 9.17) is 14.2 Å². The van der Waals surface area contributed by atoms with Crippen molar-refractivity contribution in [3.05, 3.63) is 105 Å². The van der Waals surface area contributed by atoms with Gasteiger partial charge in [-0.05, 0) is 24.3 Å². The molecule has 0 amide bonds. The van der Waals surface area contributed by atoms with Gasteiger partial charge >= 0.3 is 17.6 Å². The van der Waals surface area contributed by atoms with Gasteiger partial charge in [-0.25, -0.2) is 14.4 Å². The van der Waals surface area contributed by atoms with E-state index in [1.54, 1.807) is 60.7 Å². The first kappa shape index (κ1) is 23.1. The molecule has 1 aromatic heterocycles. The second-order valence-corrected chi connectivity index (χ2v) is 7.79. The number of rotatable bonds is 7. The van der Waals surface area contributed by atoms with Crippen molar-refractivity contribution in [2.75, 3.05) is 13.2 Å². The fraction of sp³-hybridized carbons (Fsp3) is 0.250. The number of nitrogens with one attached hydrogen (secondary N) is 1. The van der Waals surface area contributed by atoms with Gasteiger partial charge in [-0.2, -0.15) is 0 Å². The highest BCUT2D eigenvalue weighted by Crippen LogP contribution is 2.37. The molecule has 2 N–H and O–H groups in total. The van der Waals surface area contributed by atoms with E-state index in [1.807, 2.05) is 0 Å². The molecule has 0 bridgehead atoms. The van der Waals surface area contributed by atoms with Gasteiger partial charge in [0.1, 0.15) is 19.4 Å². The molecule has 4 rings (SSSR count). The largest absolute Gasteiger partial charge is 0.459 e. The topological polar surface area (TPSA) is 137 Å². The summed E-state index contributed by atoms with van der Waals surface area (Å²) in [5, 5.41) is 10.9. The van der Waals surface area contributed by atoms with Crippen LogP contribution in [0.25, 0.3) is 0 Å². The van der Waals surface area contributed by atoms with E-state index in [1.165, 1.54) is 6.20 Å². The van der Waals surface area contributed by atoms with Gasteiger partial charge in [0.05, 0.1) is 17.2 Å². The van der Waals surface area contributed by atoms with Gasteiger partial charge in [0, 0.05) is 18.7 Å². The normalized spacial score (nSPS) is 18.9. The maximum atomic E-state index is 12.5. The lowest BCUT2D eigenvalue weighted by atomic mass is 9.98. The number of aliphatic hydroxyl groups is 1. The summed E-state index contributed by atoms with van der Waals surface area (Å²) in [6.07, 6.45) is -1.09. The zero-order valence-electron chi connectivity index (χ0n) is 18.0. The van der Waals surface area contributed by atoms with E-state index < -0.39 is 54.3 Å². The first-order valence-corrected chi connectivity index (χ1v) is 10.5. The highest BCUT2D eigenvalue weighted by atomic mass is 16.6. The molecule has 0 radical (unpaired) electrons. The number of aromatic amines is 1. The number of carbonyl (C=O) groups is 2. The van der Waals surface area contributed by atoms with Crippen molar-refractivity contribution in [2.45, 2.75) is 24.4 Å². The molecule has 1 fully saturated rings.